The van der Waals surface area contributed by atoms with E-state index >= 15 is 0 Å². The fourth-order valence-corrected chi connectivity index (χ4v) is 7.42. The van der Waals surface area contributed by atoms with Crippen molar-refractivity contribution in [3.63, 3.8) is 0 Å². The molecule has 0 spiro atoms. The molecule has 8 aromatic rings. The maximum absolute atomic E-state index is 12.9. The number of benzene rings is 4. The molecule has 62 heavy (non-hydrogen) atoms. The van der Waals surface area contributed by atoms with Gasteiger partial charge in [0.05, 0.1) is 29.5 Å². The van der Waals surface area contributed by atoms with Crippen LogP contribution < -0.4 is 9.47 Å². The van der Waals surface area contributed by atoms with Gasteiger partial charge in [-0.1, -0.05) is 69.9 Å². The number of pyridine rings is 2. The third kappa shape index (κ3) is 8.94. The summed E-state index contributed by atoms with van der Waals surface area (Å²) in [6, 6.07) is 24.2. The molecule has 17 heteroatoms. The fraction of sp³-hybridized carbons (Fsp3) is 0.200. The van der Waals surface area contributed by atoms with Crippen LogP contribution in [0.25, 0.3) is 67.2 Å². The molecule has 0 amide bonds. The molecular weight excluding hydrogens is 845 g/mol. The van der Waals surface area contributed by atoms with E-state index < -0.39 is 18.6 Å². The van der Waals surface area contributed by atoms with E-state index in [1.807, 2.05) is 36.4 Å². The number of carbonyl (C=O) groups excluding carboxylic acids is 2. The van der Waals surface area contributed by atoms with Crippen LogP contribution >= 0.6 is 23.2 Å². The number of carbonyl (C=O) groups is 2. The number of aromatic nitrogens is 6. The maximum Gasteiger partial charge on any atom is 0.387 e. The summed E-state index contributed by atoms with van der Waals surface area (Å²) in [6.07, 6.45) is 5.81. The predicted octanol–water partition coefficient (Wildman–Crippen LogP) is 10.5. The van der Waals surface area contributed by atoms with Crippen molar-refractivity contribution in [3.8, 4) is 57.2 Å². The van der Waals surface area contributed by atoms with Gasteiger partial charge in [0.2, 0.25) is 11.6 Å². The van der Waals surface area contributed by atoms with Gasteiger partial charge in [0, 0.05) is 69.6 Å². The first-order chi connectivity index (χ1) is 30.2. The number of esters is 2. The molecule has 0 N–H and O–H groups in total. The minimum Gasteiger partial charge on any atom is -0.492 e. The number of halogens is 4. The molecule has 1 saturated carbocycles. The maximum atomic E-state index is 12.9. The average Bonchev–Trinajstić information content (AvgIpc) is 3.73. The van der Waals surface area contributed by atoms with Crippen molar-refractivity contribution in [2.24, 2.45) is 5.92 Å². The quantitative estimate of drug-likeness (QED) is 0.0706. The molecule has 0 aliphatic heterocycles. The van der Waals surface area contributed by atoms with Gasteiger partial charge in [-0.15, -0.1) is 0 Å². The monoisotopic (exact) mass is 876 g/mol. The molecule has 0 unspecified atom stereocenters. The van der Waals surface area contributed by atoms with Crippen LogP contribution in [0, 0.1) is 5.92 Å². The van der Waals surface area contributed by atoms with E-state index in [1.165, 1.54) is 31.0 Å². The van der Waals surface area contributed by atoms with E-state index in [9.17, 15) is 18.4 Å². The molecule has 312 valence electrons. The van der Waals surface area contributed by atoms with E-state index in [4.69, 9.17) is 41.7 Å². The minimum absolute atomic E-state index is 0.0453. The number of nitrogens with zero attached hydrogens (tertiary/aromatic N) is 6. The van der Waals surface area contributed by atoms with Crippen molar-refractivity contribution < 1.29 is 41.6 Å². The smallest absolute Gasteiger partial charge is 0.387 e. The second kappa shape index (κ2) is 17.6. The first kappa shape index (κ1) is 40.6. The Morgan fingerprint density at radius 3 is 1.68 bits per heavy atom. The van der Waals surface area contributed by atoms with Crippen LogP contribution in [0.4, 0.5) is 8.78 Å². The molecule has 0 atom stereocenters. The summed E-state index contributed by atoms with van der Waals surface area (Å²) in [4.78, 5) is 43.9. The highest BCUT2D eigenvalue weighted by Crippen LogP contribution is 2.36. The van der Waals surface area contributed by atoms with Crippen molar-refractivity contribution in [1.82, 2.24) is 30.2 Å². The van der Waals surface area contributed by atoms with Gasteiger partial charge in [-0.25, -0.2) is 0 Å². The summed E-state index contributed by atoms with van der Waals surface area (Å²) >= 11 is 12.6. The number of aryl methyl sites for hydroxylation is 2. The zero-order valence-corrected chi connectivity index (χ0v) is 33.9. The number of hydrogen-bond donors (Lipinski definition) is 0. The third-order valence-corrected chi connectivity index (χ3v) is 10.8. The summed E-state index contributed by atoms with van der Waals surface area (Å²) in [5.41, 5.74) is 3.63. The zero-order chi connectivity index (χ0) is 42.7. The van der Waals surface area contributed by atoms with Crippen LogP contribution in [0.15, 0.2) is 106 Å². The number of hydrogen-bond acceptors (Lipinski definition) is 13. The molecular formula is C45H32Cl2F2N6O7. The summed E-state index contributed by atoms with van der Waals surface area (Å²) in [5.74, 6) is 0.687. The third-order valence-electron chi connectivity index (χ3n) is 10.2. The Hall–Kier alpha value is -6.84. The molecule has 0 bridgehead atoms. The largest absolute Gasteiger partial charge is 0.492 e. The van der Waals surface area contributed by atoms with Crippen LogP contribution in [0.1, 0.15) is 37.1 Å². The normalized spacial score (nSPS) is 12.6. The Bertz CT molecular complexity index is 2980. The van der Waals surface area contributed by atoms with Gasteiger partial charge >= 0.3 is 18.6 Å². The SMILES string of the molecule is O=C(CCc1nccc2c(-c3noc(-c4ccc(OCC5CC5)c(Cl)c4)n3)cccc12)OC(=O)CCc1nccc2c(-c3noc(-c4ccc(OC(F)F)c(Cl)c4)n3)cccc12. The summed E-state index contributed by atoms with van der Waals surface area (Å²) in [6.45, 7) is -2.38. The molecule has 1 aliphatic carbocycles. The summed E-state index contributed by atoms with van der Waals surface area (Å²) in [7, 11) is 0. The fourth-order valence-electron chi connectivity index (χ4n) is 6.96. The first-order valence-electron chi connectivity index (χ1n) is 19.5. The highest BCUT2D eigenvalue weighted by molar-refractivity contribution is 6.32. The lowest BCUT2D eigenvalue weighted by Gasteiger charge is -2.09. The van der Waals surface area contributed by atoms with Crippen LogP contribution in [0.5, 0.6) is 11.5 Å². The molecule has 4 aromatic carbocycles. The second-order valence-electron chi connectivity index (χ2n) is 14.4. The van der Waals surface area contributed by atoms with Crippen molar-refractivity contribution in [2.75, 3.05) is 6.61 Å². The summed E-state index contributed by atoms with van der Waals surface area (Å²) < 4.78 is 51.9. The van der Waals surface area contributed by atoms with Crippen LogP contribution in [0.2, 0.25) is 10.0 Å². The molecule has 13 nitrogen and oxygen atoms in total. The van der Waals surface area contributed by atoms with Crippen LogP contribution in [-0.4, -0.2) is 55.4 Å². The number of fused-ring (bicyclic) bond motifs is 2. The van der Waals surface area contributed by atoms with Gasteiger partial charge < -0.3 is 23.3 Å². The van der Waals surface area contributed by atoms with Gasteiger partial charge in [-0.3, -0.25) is 19.6 Å². The molecule has 1 fully saturated rings. The minimum atomic E-state index is -3.03. The second-order valence-corrected chi connectivity index (χ2v) is 15.2. The van der Waals surface area contributed by atoms with Crippen molar-refractivity contribution in [1.29, 1.82) is 0 Å². The van der Waals surface area contributed by atoms with Gasteiger partial charge in [0.1, 0.15) is 11.5 Å². The standard InChI is InChI=1S/C45H32Cl2F2N6O7/c46-33-21-25(9-13-37(33)58-23-24-7-8-24)43-52-41(54-61-43)31-5-1-3-29-27(31)17-19-50-35(29)11-15-39(56)60-40(57)16-12-36-30-4-2-6-32(28(30)18-20-51-36)42-53-44(62-55-42)26-10-14-38(34(47)22-26)59-45(48)49/h1-6,9-10,13-14,17-22,24,45H,7-8,11-12,15-16,23H2. The Morgan fingerprint density at radius 1 is 0.677 bits per heavy atom. The lowest BCUT2D eigenvalue weighted by Crippen LogP contribution is -2.14. The van der Waals surface area contributed by atoms with Crippen molar-refractivity contribution >= 4 is 56.7 Å². The molecule has 9 rings (SSSR count). The highest BCUT2D eigenvalue weighted by atomic mass is 35.5. The Morgan fingerprint density at radius 2 is 1.19 bits per heavy atom. The van der Waals surface area contributed by atoms with Crippen LogP contribution in [0.3, 0.4) is 0 Å². The van der Waals surface area contributed by atoms with E-state index in [2.05, 4.69) is 35.0 Å². The lowest BCUT2D eigenvalue weighted by molar-refractivity contribution is -0.159. The van der Waals surface area contributed by atoms with E-state index in [0.717, 1.165) is 21.5 Å². The Balaban J connectivity index is 0.823. The predicted molar refractivity (Wildman–Crippen MR) is 224 cm³/mol. The first-order valence-corrected chi connectivity index (χ1v) is 20.2. The number of rotatable bonds is 15. The molecule has 1 aliphatic rings. The molecule has 4 heterocycles. The molecule has 0 radical (unpaired) electrons. The van der Waals surface area contributed by atoms with Crippen molar-refractivity contribution in [2.45, 2.75) is 45.1 Å². The van der Waals surface area contributed by atoms with Gasteiger partial charge in [0.15, 0.2) is 0 Å². The Kier molecular flexibility index (Phi) is 11.5. The topological polar surface area (TPSA) is 165 Å². The van der Waals surface area contributed by atoms with Gasteiger partial charge in [-0.05, 0) is 78.1 Å². The van der Waals surface area contributed by atoms with Gasteiger partial charge in [-0.2, -0.15) is 18.7 Å². The number of alkyl halides is 2. The van der Waals surface area contributed by atoms with Crippen LogP contribution in [-0.2, 0) is 27.2 Å². The lowest BCUT2D eigenvalue weighted by atomic mass is 10.0. The molecule has 4 aromatic heterocycles. The van der Waals surface area contributed by atoms with E-state index in [0.29, 0.717) is 68.7 Å². The number of ether oxygens (including phenoxy) is 3. The highest BCUT2D eigenvalue weighted by Gasteiger charge is 2.23. The van der Waals surface area contributed by atoms with E-state index in [-0.39, 0.29) is 48.2 Å². The zero-order valence-electron chi connectivity index (χ0n) is 32.4. The van der Waals surface area contributed by atoms with E-state index in [1.54, 1.807) is 42.7 Å². The Labute approximate surface area is 360 Å². The van der Waals surface area contributed by atoms with Crippen molar-refractivity contribution in [3.05, 3.63) is 119 Å². The molecule has 0 saturated heterocycles. The van der Waals surface area contributed by atoms with Gasteiger partial charge in [0.25, 0.3) is 11.8 Å². The average molecular weight is 878 g/mol. The summed E-state index contributed by atoms with van der Waals surface area (Å²) in [5, 5.41) is 11.8.